The molecule has 1 saturated carbocycles. The molecule has 0 aromatic carbocycles. The number of nitrogens with zero attached hydrogens (tertiary/aromatic N) is 2. The Hall–Kier alpha value is -1.76. The highest BCUT2D eigenvalue weighted by molar-refractivity contribution is 5.85. The molecule has 4 heteroatoms. The summed E-state index contributed by atoms with van der Waals surface area (Å²) in [6, 6.07) is 5.48. The van der Waals surface area contributed by atoms with E-state index in [4.69, 9.17) is 10.4 Å². The molecule has 72 valence electrons. The van der Waals surface area contributed by atoms with Crippen molar-refractivity contribution in [1.29, 1.82) is 5.26 Å². The number of hydrogen-bond donors (Lipinski definition) is 1. The number of rotatable bonds is 3. The Morgan fingerprint density at radius 1 is 1.79 bits per heavy atom. The van der Waals surface area contributed by atoms with Crippen LogP contribution < -0.4 is 0 Å². The van der Waals surface area contributed by atoms with Gasteiger partial charge in [-0.15, -0.1) is 0 Å². The van der Waals surface area contributed by atoms with Gasteiger partial charge in [0.15, 0.2) is 0 Å². The maximum Gasteiger partial charge on any atom is 0.352 e. The third-order valence-electron chi connectivity index (χ3n) is 2.57. The monoisotopic (exact) mass is 190 g/mol. The van der Waals surface area contributed by atoms with Crippen molar-refractivity contribution in [1.82, 2.24) is 4.57 Å². The highest BCUT2D eigenvalue weighted by Gasteiger charge is 2.37. The predicted octanol–water partition coefficient (Wildman–Crippen LogP) is 1.35. The van der Waals surface area contributed by atoms with E-state index < -0.39 is 5.97 Å². The maximum atomic E-state index is 10.7. The highest BCUT2D eigenvalue weighted by atomic mass is 16.4. The van der Waals surface area contributed by atoms with Crippen LogP contribution >= 0.6 is 0 Å². The van der Waals surface area contributed by atoms with Crippen LogP contribution in [0.3, 0.4) is 0 Å². The standard InChI is InChI=1S/C10H10N2O2/c11-5-7-4-8(7)6-12-3-1-2-9(12)10(13)14/h1-3,7-8H,4,6H2,(H,13,14). The summed E-state index contributed by atoms with van der Waals surface area (Å²) in [5, 5.41) is 17.4. The van der Waals surface area contributed by atoms with Crippen LogP contribution in [0.1, 0.15) is 16.9 Å². The number of hydrogen-bond acceptors (Lipinski definition) is 2. The molecular formula is C10H10N2O2. The van der Waals surface area contributed by atoms with Crippen molar-refractivity contribution in [2.45, 2.75) is 13.0 Å². The lowest BCUT2D eigenvalue weighted by molar-refractivity contribution is 0.0684. The van der Waals surface area contributed by atoms with E-state index in [1.807, 2.05) is 0 Å². The summed E-state index contributed by atoms with van der Waals surface area (Å²) in [5.41, 5.74) is 0.300. The van der Waals surface area contributed by atoms with E-state index in [9.17, 15) is 4.79 Å². The largest absolute Gasteiger partial charge is 0.477 e. The molecule has 1 fully saturated rings. The van der Waals surface area contributed by atoms with Crippen molar-refractivity contribution in [3.63, 3.8) is 0 Å². The zero-order valence-corrected chi connectivity index (χ0v) is 7.55. The lowest BCUT2D eigenvalue weighted by Crippen LogP contribution is -2.09. The molecule has 1 aliphatic carbocycles. The van der Waals surface area contributed by atoms with E-state index in [1.165, 1.54) is 0 Å². The van der Waals surface area contributed by atoms with E-state index >= 15 is 0 Å². The van der Waals surface area contributed by atoms with Gasteiger partial charge in [0.2, 0.25) is 0 Å². The Kier molecular flexibility index (Phi) is 2.01. The SMILES string of the molecule is N#CC1CC1Cn1cccc1C(=O)O. The summed E-state index contributed by atoms with van der Waals surface area (Å²) in [6.07, 6.45) is 2.64. The minimum Gasteiger partial charge on any atom is -0.477 e. The first-order valence-corrected chi connectivity index (χ1v) is 4.50. The smallest absolute Gasteiger partial charge is 0.352 e. The van der Waals surface area contributed by atoms with Crippen molar-refractivity contribution in [2.24, 2.45) is 11.8 Å². The molecule has 2 unspecified atom stereocenters. The minimum absolute atomic E-state index is 0.124. The Balaban J connectivity index is 2.07. The van der Waals surface area contributed by atoms with E-state index in [1.54, 1.807) is 22.9 Å². The summed E-state index contributed by atoms with van der Waals surface area (Å²) in [6.45, 7) is 0.646. The van der Waals surface area contributed by atoms with Crippen LogP contribution in [0, 0.1) is 23.2 Å². The molecule has 1 aliphatic rings. The van der Waals surface area contributed by atoms with Crippen LogP contribution in [0.5, 0.6) is 0 Å². The fourth-order valence-electron chi connectivity index (χ4n) is 1.63. The number of aromatic nitrogens is 1. The summed E-state index contributed by atoms with van der Waals surface area (Å²) in [5.74, 6) is -0.450. The number of nitriles is 1. The molecule has 4 nitrogen and oxygen atoms in total. The van der Waals surface area contributed by atoms with Gasteiger partial charge in [-0.05, 0) is 24.5 Å². The summed E-state index contributed by atoms with van der Waals surface area (Å²) >= 11 is 0. The molecule has 2 rings (SSSR count). The van der Waals surface area contributed by atoms with Gasteiger partial charge in [0.05, 0.1) is 12.0 Å². The van der Waals surface area contributed by atoms with Gasteiger partial charge in [-0.25, -0.2) is 4.79 Å². The van der Waals surface area contributed by atoms with Gasteiger partial charge in [0.1, 0.15) is 5.69 Å². The molecular weight excluding hydrogens is 180 g/mol. The summed E-state index contributed by atoms with van der Waals surface area (Å²) < 4.78 is 1.70. The van der Waals surface area contributed by atoms with E-state index in [0.29, 0.717) is 18.2 Å². The van der Waals surface area contributed by atoms with Crippen LogP contribution in [0.4, 0.5) is 0 Å². The van der Waals surface area contributed by atoms with Gasteiger partial charge < -0.3 is 9.67 Å². The van der Waals surface area contributed by atoms with E-state index in [0.717, 1.165) is 6.42 Å². The van der Waals surface area contributed by atoms with Gasteiger partial charge in [-0.1, -0.05) is 0 Å². The van der Waals surface area contributed by atoms with Gasteiger partial charge >= 0.3 is 5.97 Å². The fourth-order valence-corrected chi connectivity index (χ4v) is 1.63. The van der Waals surface area contributed by atoms with Gasteiger partial charge in [-0.3, -0.25) is 0 Å². The molecule has 1 N–H and O–H groups in total. The molecule has 0 aliphatic heterocycles. The average Bonchev–Trinajstić information content (AvgIpc) is 2.71. The van der Waals surface area contributed by atoms with E-state index in [-0.39, 0.29) is 5.92 Å². The second-order valence-electron chi connectivity index (χ2n) is 3.58. The van der Waals surface area contributed by atoms with Crippen molar-refractivity contribution >= 4 is 5.97 Å². The first-order valence-electron chi connectivity index (χ1n) is 4.50. The van der Waals surface area contributed by atoms with Crippen molar-refractivity contribution in [3.05, 3.63) is 24.0 Å². The van der Waals surface area contributed by atoms with Crippen LogP contribution in [-0.4, -0.2) is 15.6 Å². The normalized spacial score (nSPS) is 24.2. The highest BCUT2D eigenvalue weighted by Crippen LogP contribution is 2.39. The van der Waals surface area contributed by atoms with Crippen LogP contribution in [-0.2, 0) is 6.54 Å². The number of aromatic carboxylic acids is 1. The third kappa shape index (κ3) is 1.49. The molecule has 0 radical (unpaired) electrons. The Morgan fingerprint density at radius 2 is 2.57 bits per heavy atom. The van der Waals surface area contributed by atoms with Crippen LogP contribution in [0.15, 0.2) is 18.3 Å². The molecule has 0 amide bonds. The first-order chi connectivity index (χ1) is 6.72. The van der Waals surface area contributed by atoms with Crippen molar-refractivity contribution < 1.29 is 9.90 Å². The van der Waals surface area contributed by atoms with Crippen molar-refractivity contribution in [3.8, 4) is 6.07 Å². The zero-order chi connectivity index (χ0) is 10.1. The summed E-state index contributed by atoms with van der Waals surface area (Å²) in [4.78, 5) is 10.7. The van der Waals surface area contributed by atoms with Gasteiger partial charge in [0.25, 0.3) is 0 Å². The molecule has 0 saturated heterocycles. The summed E-state index contributed by atoms with van der Waals surface area (Å²) in [7, 11) is 0. The van der Waals surface area contributed by atoms with Crippen LogP contribution in [0.25, 0.3) is 0 Å². The lowest BCUT2D eigenvalue weighted by Gasteiger charge is -2.03. The minimum atomic E-state index is -0.913. The zero-order valence-electron chi connectivity index (χ0n) is 7.55. The van der Waals surface area contributed by atoms with Crippen LogP contribution in [0.2, 0.25) is 0 Å². The third-order valence-corrected chi connectivity index (χ3v) is 2.57. The molecule has 0 spiro atoms. The second-order valence-corrected chi connectivity index (χ2v) is 3.58. The van der Waals surface area contributed by atoms with E-state index in [2.05, 4.69) is 6.07 Å². The molecule has 1 heterocycles. The topological polar surface area (TPSA) is 66.0 Å². The maximum absolute atomic E-state index is 10.7. The lowest BCUT2D eigenvalue weighted by atomic mass is 10.3. The van der Waals surface area contributed by atoms with Gasteiger partial charge in [0, 0.05) is 12.7 Å². The quantitative estimate of drug-likeness (QED) is 0.782. The van der Waals surface area contributed by atoms with Crippen molar-refractivity contribution in [2.75, 3.05) is 0 Å². The molecule has 1 aromatic rings. The van der Waals surface area contributed by atoms with Gasteiger partial charge in [-0.2, -0.15) is 5.26 Å². The molecule has 1 aromatic heterocycles. The number of carboxylic acids is 1. The first kappa shape index (κ1) is 8.82. The average molecular weight is 190 g/mol. The Morgan fingerprint density at radius 3 is 3.14 bits per heavy atom. The Labute approximate surface area is 81.4 Å². The number of carboxylic acid groups (broad SMARTS) is 1. The molecule has 2 atom stereocenters. The molecule has 14 heavy (non-hydrogen) atoms. The second kappa shape index (κ2) is 3.18. The molecule has 0 bridgehead atoms. The fraction of sp³-hybridized carbons (Fsp3) is 0.400. The number of carbonyl (C=O) groups is 1. The predicted molar refractivity (Wildman–Crippen MR) is 48.6 cm³/mol. The Bertz CT molecular complexity index is 402.